The van der Waals surface area contributed by atoms with Crippen LogP contribution in [0.1, 0.15) is 5.56 Å². The number of nitrogens with two attached hydrogens (primary N) is 1. The minimum absolute atomic E-state index is 0.175. The van der Waals surface area contributed by atoms with E-state index in [0.29, 0.717) is 21.5 Å². The first kappa shape index (κ1) is 13.8. The summed E-state index contributed by atoms with van der Waals surface area (Å²) < 4.78 is 11.0. The minimum atomic E-state index is -1.05. The van der Waals surface area contributed by atoms with E-state index in [1.54, 1.807) is 12.1 Å². The molecular formula is C11H14BrNO4. The van der Waals surface area contributed by atoms with Gasteiger partial charge in [0.25, 0.3) is 0 Å². The van der Waals surface area contributed by atoms with Gasteiger partial charge in [0.2, 0.25) is 0 Å². The summed E-state index contributed by atoms with van der Waals surface area (Å²) in [6.45, 7) is 0. The van der Waals surface area contributed by atoms with Gasteiger partial charge in [0.1, 0.15) is 17.5 Å². The standard InChI is InChI=1S/C11H14BrNO4/c1-16-7-3-6(4-9(13)11(14)15)10(17-2)8(12)5-7/h3,5,9H,4,13H2,1-2H3,(H,14,15). The quantitative estimate of drug-likeness (QED) is 0.860. The van der Waals surface area contributed by atoms with Gasteiger partial charge in [-0.15, -0.1) is 0 Å². The lowest BCUT2D eigenvalue weighted by atomic mass is 10.1. The smallest absolute Gasteiger partial charge is 0.320 e. The van der Waals surface area contributed by atoms with Crippen molar-refractivity contribution in [3.63, 3.8) is 0 Å². The fourth-order valence-electron chi connectivity index (χ4n) is 1.45. The number of rotatable bonds is 5. The number of hydrogen-bond donors (Lipinski definition) is 2. The lowest BCUT2D eigenvalue weighted by molar-refractivity contribution is -0.138. The van der Waals surface area contributed by atoms with Crippen LogP contribution in [-0.4, -0.2) is 31.3 Å². The average Bonchev–Trinajstić information content (AvgIpc) is 2.28. The Kier molecular flexibility index (Phi) is 4.77. The molecule has 5 nitrogen and oxygen atoms in total. The van der Waals surface area contributed by atoms with Gasteiger partial charge in [-0.1, -0.05) is 0 Å². The molecule has 0 aromatic heterocycles. The van der Waals surface area contributed by atoms with Gasteiger partial charge >= 0.3 is 5.97 Å². The van der Waals surface area contributed by atoms with Crippen molar-refractivity contribution in [2.75, 3.05) is 14.2 Å². The lowest BCUT2D eigenvalue weighted by Gasteiger charge is -2.14. The van der Waals surface area contributed by atoms with Gasteiger partial charge in [-0.2, -0.15) is 0 Å². The normalized spacial score (nSPS) is 12.0. The zero-order chi connectivity index (χ0) is 13.0. The number of carbonyl (C=O) groups is 1. The maximum absolute atomic E-state index is 10.7. The van der Waals surface area contributed by atoms with Crippen LogP contribution in [0.5, 0.6) is 11.5 Å². The first-order chi connectivity index (χ1) is 7.99. The topological polar surface area (TPSA) is 81.8 Å². The Bertz CT molecular complexity index is 422. The first-order valence-corrected chi connectivity index (χ1v) is 5.67. The molecule has 3 N–H and O–H groups in total. The van der Waals surface area contributed by atoms with Crippen LogP contribution in [0, 0.1) is 0 Å². The highest BCUT2D eigenvalue weighted by Gasteiger charge is 2.17. The van der Waals surface area contributed by atoms with Gasteiger partial charge in [-0.25, -0.2) is 0 Å². The molecule has 0 bridgehead atoms. The maximum atomic E-state index is 10.7. The van der Waals surface area contributed by atoms with Crippen molar-refractivity contribution in [1.29, 1.82) is 0 Å². The van der Waals surface area contributed by atoms with Gasteiger partial charge in [0, 0.05) is 12.0 Å². The van der Waals surface area contributed by atoms with E-state index in [1.807, 2.05) is 0 Å². The molecule has 0 fully saturated rings. The zero-order valence-corrected chi connectivity index (χ0v) is 11.2. The monoisotopic (exact) mass is 303 g/mol. The number of ether oxygens (including phenoxy) is 2. The number of hydrogen-bond acceptors (Lipinski definition) is 4. The Labute approximate surface area is 108 Å². The summed E-state index contributed by atoms with van der Waals surface area (Å²) in [6.07, 6.45) is 0.175. The van der Waals surface area contributed by atoms with Crippen molar-refractivity contribution < 1.29 is 19.4 Å². The van der Waals surface area contributed by atoms with Crippen molar-refractivity contribution in [3.8, 4) is 11.5 Å². The van der Waals surface area contributed by atoms with E-state index in [4.69, 9.17) is 20.3 Å². The molecule has 0 saturated heterocycles. The van der Waals surface area contributed by atoms with Crippen LogP contribution in [0.2, 0.25) is 0 Å². The molecule has 0 aliphatic carbocycles. The molecule has 1 aromatic rings. The Hall–Kier alpha value is -1.27. The van der Waals surface area contributed by atoms with Crippen LogP contribution in [0.3, 0.4) is 0 Å². The fourth-order valence-corrected chi connectivity index (χ4v) is 2.09. The second-order valence-corrected chi connectivity index (χ2v) is 4.30. The van der Waals surface area contributed by atoms with E-state index in [9.17, 15) is 4.79 Å². The van der Waals surface area contributed by atoms with E-state index in [0.717, 1.165) is 0 Å². The Morgan fingerprint density at radius 3 is 2.59 bits per heavy atom. The van der Waals surface area contributed by atoms with Crippen molar-refractivity contribution >= 4 is 21.9 Å². The summed E-state index contributed by atoms with van der Waals surface area (Å²) in [6, 6.07) is 2.49. The van der Waals surface area contributed by atoms with Gasteiger partial charge in [-0.3, -0.25) is 4.79 Å². The molecular weight excluding hydrogens is 290 g/mol. The van der Waals surface area contributed by atoms with Crippen LogP contribution in [-0.2, 0) is 11.2 Å². The van der Waals surface area contributed by atoms with Crippen molar-refractivity contribution in [1.82, 2.24) is 0 Å². The molecule has 0 spiro atoms. The minimum Gasteiger partial charge on any atom is -0.497 e. The third kappa shape index (κ3) is 3.34. The molecule has 6 heteroatoms. The van der Waals surface area contributed by atoms with Crippen molar-refractivity contribution in [3.05, 3.63) is 22.2 Å². The molecule has 94 valence electrons. The number of carboxylic acid groups (broad SMARTS) is 1. The zero-order valence-electron chi connectivity index (χ0n) is 9.57. The van der Waals surface area contributed by atoms with Crippen LogP contribution < -0.4 is 15.2 Å². The van der Waals surface area contributed by atoms with Crippen LogP contribution in [0.25, 0.3) is 0 Å². The number of methoxy groups -OCH3 is 2. The van der Waals surface area contributed by atoms with Gasteiger partial charge in [0.15, 0.2) is 0 Å². The molecule has 0 aliphatic rings. The molecule has 1 aromatic carbocycles. The number of halogens is 1. The van der Waals surface area contributed by atoms with E-state index < -0.39 is 12.0 Å². The molecule has 0 heterocycles. The second-order valence-electron chi connectivity index (χ2n) is 3.45. The molecule has 1 rings (SSSR count). The molecule has 0 aliphatic heterocycles. The Morgan fingerprint density at radius 1 is 1.47 bits per heavy atom. The Balaban J connectivity index is 3.11. The van der Waals surface area contributed by atoms with Crippen LogP contribution in [0.15, 0.2) is 16.6 Å². The molecule has 17 heavy (non-hydrogen) atoms. The summed E-state index contributed by atoms with van der Waals surface area (Å²) in [4.78, 5) is 10.7. The maximum Gasteiger partial charge on any atom is 0.320 e. The second kappa shape index (κ2) is 5.88. The largest absolute Gasteiger partial charge is 0.497 e. The molecule has 0 amide bonds. The fraction of sp³-hybridized carbons (Fsp3) is 0.364. The third-order valence-corrected chi connectivity index (χ3v) is 2.88. The summed E-state index contributed by atoms with van der Waals surface area (Å²) in [5.41, 5.74) is 6.19. The molecule has 0 radical (unpaired) electrons. The van der Waals surface area contributed by atoms with Gasteiger partial charge in [-0.05, 0) is 28.1 Å². The van der Waals surface area contributed by atoms with Gasteiger partial charge in [0.05, 0.1) is 18.7 Å². The van der Waals surface area contributed by atoms with Gasteiger partial charge < -0.3 is 20.3 Å². The number of aliphatic carboxylic acids is 1. The number of benzene rings is 1. The summed E-state index contributed by atoms with van der Waals surface area (Å²) in [5.74, 6) is 0.138. The van der Waals surface area contributed by atoms with Crippen molar-refractivity contribution in [2.45, 2.75) is 12.5 Å². The first-order valence-electron chi connectivity index (χ1n) is 4.88. The van der Waals surface area contributed by atoms with E-state index >= 15 is 0 Å². The summed E-state index contributed by atoms with van der Waals surface area (Å²) >= 11 is 3.33. The molecule has 1 atom stereocenters. The van der Waals surface area contributed by atoms with E-state index in [-0.39, 0.29) is 6.42 Å². The van der Waals surface area contributed by atoms with Crippen LogP contribution >= 0.6 is 15.9 Å². The van der Waals surface area contributed by atoms with E-state index in [2.05, 4.69) is 15.9 Å². The predicted octanol–water partition coefficient (Wildman–Crippen LogP) is 1.42. The Morgan fingerprint density at radius 2 is 2.12 bits per heavy atom. The highest BCUT2D eigenvalue weighted by Crippen LogP contribution is 2.34. The predicted molar refractivity (Wildman–Crippen MR) is 66.6 cm³/mol. The number of carboxylic acids is 1. The summed E-state index contributed by atoms with van der Waals surface area (Å²) in [5, 5.41) is 8.79. The average molecular weight is 304 g/mol. The molecule has 1 unspecified atom stereocenters. The molecule has 0 saturated carbocycles. The third-order valence-electron chi connectivity index (χ3n) is 2.29. The van der Waals surface area contributed by atoms with Crippen molar-refractivity contribution in [2.24, 2.45) is 5.73 Å². The highest BCUT2D eigenvalue weighted by molar-refractivity contribution is 9.10. The SMILES string of the molecule is COc1cc(Br)c(OC)c(CC(N)C(=O)O)c1. The highest BCUT2D eigenvalue weighted by atomic mass is 79.9. The van der Waals surface area contributed by atoms with E-state index in [1.165, 1.54) is 14.2 Å². The summed E-state index contributed by atoms with van der Waals surface area (Å²) in [7, 11) is 3.05. The lowest BCUT2D eigenvalue weighted by Crippen LogP contribution is -2.32. The van der Waals surface area contributed by atoms with Crippen LogP contribution in [0.4, 0.5) is 0 Å².